The topological polar surface area (TPSA) is 43.8 Å². The van der Waals surface area contributed by atoms with Gasteiger partial charge in [0.25, 0.3) is 0 Å². The van der Waals surface area contributed by atoms with Crippen LogP contribution in [0.4, 0.5) is 4.39 Å². The Kier molecular flexibility index (Phi) is 5.31. The van der Waals surface area contributed by atoms with Crippen molar-refractivity contribution in [1.29, 1.82) is 0 Å². The Labute approximate surface area is 125 Å². The number of piperazine rings is 1. The number of carbonyl (C=O) groups is 1. The first kappa shape index (κ1) is 15.9. The maximum absolute atomic E-state index is 13.4. The van der Waals surface area contributed by atoms with Gasteiger partial charge in [0, 0.05) is 39.3 Å². The summed E-state index contributed by atoms with van der Waals surface area (Å²) in [7, 11) is 0. The fourth-order valence-electron chi connectivity index (χ4n) is 2.74. The number of nitrogens with zero attached hydrogens (tertiary/aromatic N) is 2. The van der Waals surface area contributed by atoms with E-state index in [1.165, 1.54) is 12.1 Å². The van der Waals surface area contributed by atoms with Crippen LogP contribution < -0.4 is 0 Å². The average Bonchev–Trinajstić information content (AvgIpc) is 2.42. The van der Waals surface area contributed by atoms with Gasteiger partial charge in [0.15, 0.2) is 0 Å². The Hall–Kier alpha value is -1.46. The van der Waals surface area contributed by atoms with Gasteiger partial charge in [-0.2, -0.15) is 0 Å². The molecule has 5 heteroatoms. The third-order valence-corrected chi connectivity index (χ3v) is 3.76. The van der Waals surface area contributed by atoms with Gasteiger partial charge in [0.05, 0.1) is 5.56 Å². The molecule has 0 spiro atoms. The lowest BCUT2D eigenvalue weighted by Crippen LogP contribution is -2.46. The highest BCUT2D eigenvalue weighted by Crippen LogP contribution is 2.14. The molecule has 1 N–H and O–H groups in total. The lowest BCUT2D eigenvalue weighted by atomic mass is 10.1. The quantitative estimate of drug-likeness (QED) is 0.905. The Morgan fingerprint density at radius 1 is 1.24 bits per heavy atom. The van der Waals surface area contributed by atoms with Gasteiger partial charge < -0.3 is 10.0 Å². The molecule has 4 nitrogen and oxygen atoms in total. The van der Waals surface area contributed by atoms with Crippen LogP contribution in [0.2, 0.25) is 0 Å². The van der Waals surface area contributed by atoms with Gasteiger partial charge in [0.2, 0.25) is 0 Å². The van der Waals surface area contributed by atoms with Crippen molar-refractivity contribution in [2.24, 2.45) is 5.92 Å². The van der Waals surface area contributed by atoms with Crippen molar-refractivity contribution in [2.45, 2.75) is 20.4 Å². The Morgan fingerprint density at radius 3 is 2.43 bits per heavy atom. The van der Waals surface area contributed by atoms with Crippen LogP contribution in [0.5, 0.6) is 0 Å². The highest BCUT2D eigenvalue weighted by molar-refractivity contribution is 5.88. The lowest BCUT2D eigenvalue weighted by molar-refractivity contribution is 0.0691. The summed E-state index contributed by atoms with van der Waals surface area (Å²) in [6.45, 7) is 10.2. The second-order valence-corrected chi connectivity index (χ2v) is 6.09. The van der Waals surface area contributed by atoms with Gasteiger partial charge in [-0.15, -0.1) is 0 Å². The van der Waals surface area contributed by atoms with E-state index < -0.39 is 11.8 Å². The van der Waals surface area contributed by atoms with E-state index in [9.17, 15) is 9.18 Å². The summed E-state index contributed by atoms with van der Waals surface area (Å²) in [4.78, 5) is 15.7. The van der Waals surface area contributed by atoms with Gasteiger partial charge in [-0.05, 0) is 23.6 Å². The monoisotopic (exact) mass is 294 g/mol. The predicted molar refractivity (Wildman–Crippen MR) is 79.9 cm³/mol. The summed E-state index contributed by atoms with van der Waals surface area (Å²) < 4.78 is 13.4. The molecule has 1 aliphatic rings. The van der Waals surface area contributed by atoms with Crippen molar-refractivity contribution in [3.63, 3.8) is 0 Å². The number of hydrogen-bond donors (Lipinski definition) is 1. The summed E-state index contributed by atoms with van der Waals surface area (Å²) in [6, 6.07) is 4.36. The third-order valence-electron chi connectivity index (χ3n) is 3.76. The summed E-state index contributed by atoms with van der Waals surface area (Å²) >= 11 is 0. The minimum Gasteiger partial charge on any atom is -0.478 e. The molecule has 1 aromatic rings. The molecular formula is C16H23FN2O2. The fraction of sp³-hybridized carbons (Fsp3) is 0.562. The van der Waals surface area contributed by atoms with Crippen molar-refractivity contribution < 1.29 is 14.3 Å². The summed E-state index contributed by atoms with van der Waals surface area (Å²) in [5.74, 6) is -1.21. The maximum atomic E-state index is 13.4. The molecule has 2 rings (SSSR count). The molecule has 0 radical (unpaired) electrons. The van der Waals surface area contributed by atoms with Gasteiger partial charge in [-0.3, -0.25) is 4.90 Å². The molecule has 0 unspecified atom stereocenters. The van der Waals surface area contributed by atoms with Gasteiger partial charge in [-0.1, -0.05) is 19.9 Å². The second-order valence-electron chi connectivity index (χ2n) is 6.09. The normalized spacial score (nSPS) is 17.3. The van der Waals surface area contributed by atoms with Crippen LogP contribution >= 0.6 is 0 Å². The molecule has 1 aromatic carbocycles. The number of aromatic carboxylic acids is 1. The van der Waals surface area contributed by atoms with E-state index in [0.717, 1.165) is 38.3 Å². The van der Waals surface area contributed by atoms with Gasteiger partial charge >= 0.3 is 5.97 Å². The number of hydrogen-bond acceptors (Lipinski definition) is 3. The van der Waals surface area contributed by atoms with Crippen molar-refractivity contribution in [3.05, 3.63) is 35.1 Å². The first-order valence-corrected chi connectivity index (χ1v) is 7.42. The fourth-order valence-corrected chi connectivity index (χ4v) is 2.74. The molecule has 0 aliphatic carbocycles. The number of carboxylic acid groups (broad SMARTS) is 1. The van der Waals surface area contributed by atoms with E-state index in [0.29, 0.717) is 12.5 Å². The van der Waals surface area contributed by atoms with Crippen molar-refractivity contribution in [1.82, 2.24) is 9.80 Å². The second kappa shape index (κ2) is 7.00. The number of benzene rings is 1. The zero-order chi connectivity index (χ0) is 15.4. The van der Waals surface area contributed by atoms with E-state index in [2.05, 4.69) is 23.6 Å². The maximum Gasteiger partial charge on any atom is 0.338 e. The third kappa shape index (κ3) is 4.51. The SMILES string of the molecule is CC(C)CN1CCN(Cc2ccc(F)c(C(=O)O)c2)CC1. The van der Waals surface area contributed by atoms with Gasteiger partial charge in [0.1, 0.15) is 5.82 Å². The predicted octanol–water partition coefficient (Wildman–Crippen LogP) is 2.30. The van der Waals surface area contributed by atoms with Crippen LogP contribution in [0.25, 0.3) is 0 Å². The summed E-state index contributed by atoms with van der Waals surface area (Å²) in [5, 5.41) is 8.95. The molecule has 0 aromatic heterocycles. The standard InChI is InChI=1S/C16H23FN2O2/c1-12(2)10-18-5-7-19(8-6-18)11-13-3-4-15(17)14(9-13)16(20)21/h3-4,9,12H,5-8,10-11H2,1-2H3,(H,20,21). The molecule has 0 atom stereocenters. The Bertz CT molecular complexity index is 497. The molecule has 21 heavy (non-hydrogen) atoms. The largest absolute Gasteiger partial charge is 0.478 e. The van der Waals surface area contributed by atoms with Crippen LogP contribution in [-0.2, 0) is 6.54 Å². The molecule has 116 valence electrons. The first-order chi connectivity index (χ1) is 9.95. The molecule has 0 amide bonds. The number of rotatable bonds is 5. The molecule has 0 saturated carbocycles. The summed E-state index contributed by atoms with van der Waals surface area (Å²) in [6.07, 6.45) is 0. The smallest absolute Gasteiger partial charge is 0.338 e. The minimum atomic E-state index is -1.21. The molecule has 1 aliphatic heterocycles. The Morgan fingerprint density at radius 2 is 1.86 bits per heavy atom. The molecule has 1 saturated heterocycles. The number of carboxylic acids is 1. The summed E-state index contributed by atoms with van der Waals surface area (Å²) in [5.41, 5.74) is 0.608. The minimum absolute atomic E-state index is 0.244. The van der Waals surface area contributed by atoms with Crippen LogP contribution in [0.15, 0.2) is 18.2 Å². The van der Waals surface area contributed by atoms with E-state index in [4.69, 9.17) is 5.11 Å². The van der Waals surface area contributed by atoms with E-state index in [-0.39, 0.29) is 5.56 Å². The van der Waals surface area contributed by atoms with Crippen LogP contribution in [0.3, 0.4) is 0 Å². The zero-order valence-electron chi connectivity index (χ0n) is 12.7. The highest BCUT2D eigenvalue weighted by atomic mass is 19.1. The van der Waals surface area contributed by atoms with E-state index >= 15 is 0 Å². The molecule has 1 heterocycles. The van der Waals surface area contributed by atoms with E-state index in [1.807, 2.05) is 0 Å². The average molecular weight is 294 g/mol. The zero-order valence-corrected chi connectivity index (χ0v) is 12.7. The number of halogens is 1. The van der Waals surface area contributed by atoms with E-state index in [1.54, 1.807) is 6.07 Å². The van der Waals surface area contributed by atoms with Crippen LogP contribution in [0.1, 0.15) is 29.8 Å². The molecule has 0 bridgehead atoms. The van der Waals surface area contributed by atoms with Gasteiger partial charge in [-0.25, -0.2) is 9.18 Å². The van der Waals surface area contributed by atoms with Crippen LogP contribution in [0, 0.1) is 11.7 Å². The van der Waals surface area contributed by atoms with Crippen molar-refractivity contribution >= 4 is 5.97 Å². The van der Waals surface area contributed by atoms with Crippen LogP contribution in [-0.4, -0.2) is 53.6 Å². The van der Waals surface area contributed by atoms with Crippen molar-refractivity contribution in [3.8, 4) is 0 Å². The highest BCUT2D eigenvalue weighted by Gasteiger charge is 2.18. The molecular weight excluding hydrogens is 271 g/mol. The van der Waals surface area contributed by atoms with Crippen molar-refractivity contribution in [2.75, 3.05) is 32.7 Å². The Balaban J connectivity index is 1.92. The lowest BCUT2D eigenvalue weighted by Gasteiger charge is -2.35. The first-order valence-electron chi connectivity index (χ1n) is 7.42. The molecule has 1 fully saturated rings.